The molecule has 4 N–H and O–H groups in total. The van der Waals surface area contributed by atoms with Gasteiger partial charge in [0.05, 0.1) is 36.8 Å². The minimum Gasteiger partial charge on any atom is -0.476 e. The molecule has 0 bridgehead atoms. The molecule has 2 aromatic carbocycles. The number of hydrogen-bond donors (Lipinski definition) is 4. The Kier molecular flexibility index (Phi) is 12.9. The molecular weight excluding hydrogens is 852 g/mol. The van der Waals surface area contributed by atoms with Crippen molar-refractivity contribution in [3.8, 4) is 17.4 Å². The van der Waals surface area contributed by atoms with E-state index in [1.807, 2.05) is 24.3 Å². The third-order valence-electron chi connectivity index (χ3n) is 12.4. The second-order valence-corrected chi connectivity index (χ2v) is 20.1. The van der Waals surface area contributed by atoms with Crippen LogP contribution in [0.1, 0.15) is 74.7 Å². The number of aromatic nitrogens is 3. The number of nitrogens with one attached hydrogen (secondary N) is 2. The number of halogens is 2. The second kappa shape index (κ2) is 18.2. The minimum absolute atomic E-state index is 0.00611. The smallest absolute Gasteiger partial charge is 0.268 e. The number of hydrogen-bond acceptors (Lipinski definition) is 11. The molecule has 4 heterocycles. The molecule has 5 aromatic rings. The predicted molar refractivity (Wildman–Crippen MR) is 241 cm³/mol. The Labute approximate surface area is 372 Å². The molecule has 0 unspecified atom stereocenters. The van der Waals surface area contributed by atoms with E-state index in [0.717, 1.165) is 74.3 Å². The summed E-state index contributed by atoms with van der Waals surface area (Å²) in [6.07, 6.45) is 9.82. The molecule has 1 amide bonds. The molecule has 0 atom stereocenters. The van der Waals surface area contributed by atoms with E-state index in [9.17, 15) is 23.4 Å². The Balaban J connectivity index is 0.968. The Hall–Kier alpha value is -4.70. The number of pyridine rings is 2. The van der Waals surface area contributed by atoms with Crippen molar-refractivity contribution in [2.45, 2.75) is 69.3 Å². The molecule has 0 radical (unpaired) electrons. The highest BCUT2D eigenvalue weighted by Crippen LogP contribution is 2.43. The van der Waals surface area contributed by atoms with Gasteiger partial charge in [-0.1, -0.05) is 54.8 Å². The van der Waals surface area contributed by atoms with E-state index in [4.69, 9.17) is 32.7 Å². The van der Waals surface area contributed by atoms with Crippen LogP contribution < -0.4 is 19.1 Å². The van der Waals surface area contributed by atoms with Crippen LogP contribution in [0.15, 0.2) is 89.7 Å². The second-order valence-electron chi connectivity index (χ2n) is 17.6. The number of aliphatic hydroxyl groups is 2. The number of fused-ring (bicyclic) bond motifs is 1. The lowest BCUT2D eigenvalue weighted by Crippen LogP contribution is -2.47. The Bertz CT molecular complexity index is 2570. The molecule has 8 rings (SSSR count). The van der Waals surface area contributed by atoms with Gasteiger partial charge in [-0.3, -0.25) is 9.69 Å². The van der Waals surface area contributed by atoms with Crippen molar-refractivity contribution in [3.05, 3.63) is 106 Å². The van der Waals surface area contributed by atoms with E-state index in [-0.39, 0.29) is 51.7 Å². The van der Waals surface area contributed by atoms with E-state index in [0.29, 0.717) is 37.1 Å². The SMILES string of the molecule is CC1(C)CCC(CN2CCN(c3ccc(C(=O)NS(=O)(=O)c4cnc(OC[C@H]5CC[C@@](O)(CO)CC5)c(Cl)c4)c(Oc4cnc5[nH]ccc5c4)c3)CC2)=C(c2ccc(Cl)cc2)C1. The number of ether oxygens (including phenoxy) is 2. The largest absolute Gasteiger partial charge is 0.476 e. The van der Waals surface area contributed by atoms with Gasteiger partial charge in [0.1, 0.15) is 27.1 Å². The number of anilines is 1. The number of piperazine rings is 1. The van der Waals surface area contributed by atoms with E-state index < -0.39 is 21.5 Å². The molecule has 2 aliphatic carbocycles. The summed E-state index contributed by atoms with van der Waals surface area (Å²) in [6, 6.07) is 18.2. The number of nitrogens with zero attached hydrogens (tertiary/aromatic N) is 4. The molecule has 0 spiro atoms. The fraction of sp³-hybridized carbons (Fsp3) is 0.413. The van der Waals surface area contributed by atoms with Gasteiger partial charge in [-0.05, 0) is 110 Å². The summed E-state index contributed by atoms with van der Waals surface area (Å²) in [5, 5.41) is 21.3. The summed E-state index contributed by atoms with van der Waals surface area (Å²) in [4.78, 5) is 29.9. The number of allylic oxidation sites excluding steroid dienone is 1. The minimum atomic E-state index is -4.44. The van der Waals surface area contributed by atoms with Crippen LogP contribution in [0.25, 0.3) is 16.6 Å². The van der Waals surface area contributed by atoms with E-state index in [1.165, 1.54) is 22.8 Å². The van der Waals surface area contributed by atoms with Gasteiger partial charge in [-0.25, -0.2) is 23.1 Å². The predicted octanol–water partition coefficient (Wildman–Crippen LogP) is 8.25. The number of aliphatic hydroxyl groups excluding tert-OH is 1. The lowest BCUT2D eigenvalue weighted by Gasteiger charge is -2.39. The normalized spacial score (nSPS) is 20.9. The molecule has 3 aromatic heterocycles. The number of rotatable bonds is 13. The maximum absolute atomic E-state index is 13.9. The maximum Gasteiger partial charge on any atom is 0.268 e. The standard InChI is InChI=1S/C46H52Cl2N6O7S/c1-45(2)13-11-33(39(24-45)31-3-5-34(47)6-4-31)27-53-17-19-54(20-18-53)35-7-8-38(41(22-35)61-36-21-32-12-16-49-42(32)50-25-36)43(56)52-62(58,59)37-23-40(48)44(51-26-37)60-28-30-9-14-46(57,29-55)15-10-30/h3-8,12,16,21-23,25-26,30,55,57H,9-11,13-15,17-20,24,27-29H2,1-2H3,(H,49,50)(H,52,56)/t30-,46-. The lowest BCUT2D eigenvalue weighted by molar-refractivity contribution is -0.0551. The Morgan fingerprint density at radius 3 is 2.45 bits per heavy atom. The van der Waals surface area contributed by atoms with Gasteiger partial charge in [0.2, 0.25) is 5.88 Å². The van der Waals surface area contributed by atoms with Crippen molar-refractivity contribution in [2.75, 3.05) is 50.8 Å². The quantitative estimate of drug-likeness (QED) is 0.0898. The van der Waals surface area contributed by atoms with Crippen LogP contribution in [0, 0.1) is 11.3 Å². The zero-order valence-corrected chi connectivity index (χ0v) is 37.2. The highest BCUT2D eigenvalue weighted by molar-refractivity contribution is 7.90. The Morgan fingerprint density at radius 1 is 0.968 bits per heavy atom. The third-order valence-corrected chi connectivity index (χ3v) is 14.3. The number of benzene rings is 2. The first-order valence-electron chi connectivity index (χ1n) is 21.0. The first-order chi connectivity index (χ1) is 29.7. The van der Waals surface area contributed by atoms with Gasteiger partial charge in [0.25, 0.3) is 15.9 Å². The van der Waals surface area contributed by atoms with Crippen molar-refractivity contribution in [3.63, 3.8) is 0 Å². The summed E-state index contributed by atoms with van der Waals surface area (Å²) < 4.78 is 41.5. The van der Waals surface area contributed by atoms with E-state index >= 15 is 0 Å². The summed E-state index contributed by atoms with van der Waals surface area (Å²) in [5.74, 6) is -0.193. The van der Waals surface area contributed by atoms with Gasteiger partial charge in [0, 0.05) is 61.1 Å². The van der Waals surface area contributed by atoms with Gasteiger partial charge >= 0.3 is 0 Å². The summed E-state index contributed by atoms with van der Waals surface area (Å²) in [7, 11) is -4.44. The molecule has 1 aliphatic heterocycles. The van der Waals surface area contributed by atoms with Crippen LogP contribution in [0.3, 0.4) is 0 Å². The van der Waals surface area contributed by atoms with Crippen molar-refractivity contribution in [1.82, 2.24) is 24.6 Å². The van der Waals surface area contributed by atoms with Crippen molar-refractivity contribution in [2.24, 2.45) is 11.3 Å². The van der Waals surface area contributed by atoms with Crippen LogP contribution in [-0.2, 0) is 10.0 Å². The lowest BCUT2D eigenvalue weighted by atomic mass is 9.72. The number of sulfonamides is 1. The van der Waals surface area contributed by atoms with E-state index in [2.05, 4.69) is 55.5 Å². The maximum atomic E-state index is 13.9. The van der Waals surface area contributed by atoms with Crippen LogP contribution in [0.2, 0.25) is 10.0 Å². The number of aromatic amines is 1. The van der Waals surface area contributed by atoms with Crippen LogP contribution in [-0.4, -0.2) is 95.9 Å². The third kappa shape index (κ3) is 10.2. The Morgan fingerprint density at radius 2 is 1.73 bits per heavy atom. The molecule has 3 aliphatic rings. The molecule has 1 saturated heterocycles. The van der Waals surface area contributed by atoms with Gasteiger partial charge in [-0.2, -0.15) is 0 Å². The topological polar surface area (TPSA) is 170 Å². The average Bonchev–Trinajstić information content (AvgIpc) is 3.73. The van der Waals surface area contributed by atoms with Crippen molar-refractivity contribution in [1.29, 1.82) is 0 Å². The highest BCUT2D eigenvalue weighted by Gasteiger charge is 2.33. The molecule has 328 valence electrons. The molecule has 62 heavy (non-hydrogen) atoms. The fourth-order valence-corrected chi connectivity index (χ4v) is 9.96. The molecule has 2 fully saturated rings. The van der Waals surface area contributed by atoms with E-state index in [1.54, 1.807) is 30.6 Å². The number of H-pyrrole nitrogens is 1. The summed E-state index contributed by atoms with van der Waals surface area (Å²) in [6.45, 7) is 8.71. The summed E-state index contributed by atoms with van der Waals surface area (Å²) in [5.41, 5.74) is 4.81. The van der Waals surface area contributed by atoms with Crippen LogP contribution in [0.5, 0.6) is 17.4 Å². The first-order valence-corrected chi connectivity index (χ1v) is 23.3. The number of carbonyl (C=O) groups excluding carboxylic acids is 1. The average molecular weight is 904 g/mol. The fourth-order valence-electron chi connectivity index (χ4n) is 8.61. The molecule has 13 nitrogen and oxygen atoms in total. The molecule has 1 saturated carbocycles. The van der Waals surface area contributed by atoms with Crippen molar-refractivity contribution < 1.29 is 32.9 Å². The summed E-state index contributed by atoms with van der Waals surface area (Å²) >= 11 is 12.7. The zero-order valence-electron chi connectivity index (χ0n) is 34.9. The molecular formula is C46H52Cl2N6O7S. The van der Waals surface area contributed by atoms with Crippen LogP contribution in [0.4, 0.5) is 5.69 Å². The molecule has 16 heteroatoms. The highest BCUT2D eigenvalue weighted by atomic mass is 35.5. The van der Waals surface area contributed by atoms with Crippen LogP contribution >= 0.6 is 23.2 Å². The first kappa shape index (κ1) is 43.9. The van der Waals surface area contributed by atoms with Gasteiger partial charge in [0.15, 0.2) is 0 Å². The van der Waals surface area contributed by atoms with Gasteiger partial charge < -0.3 is 29.6 Å². The zero-order chi connectivity index (χ0) is 43.6. The van der Waals surface area contributed by atoms with Crippen molar-refractivity contribution >= 4 is 61.4 Å². The number of amides is 1. The number of carbonyl (C=O) groups is 1. The van der Waals surface area contributed by atoms with Gasteiger partial charge in [-0.15, -0.1) is 0 Å². The monoisotopic (exact) mass is 902 g/mol.